The molecule has 1 saturated heterocycles. The fourth-order valence-corrected chi connectivity index (χ4v) is 2.88. The van der Waals surface area contributed by atoms with E-state index in [1.165, 1.54) is 6.07 Å². The SMILES string of the molecule is CC1(C)CN(c2ccc([N+](=O)[O-])c(N)c2)CC(C)(C)O1. The third kappa shape index (κ3) is 3.01. The van der Waals surface area contributed by atoms with E-state index in [4.69, 9.17) is 10.5 Å². The first kappa shape index (κ1) is 14.6. The molecule has 20 heavy (non-hydrogen) atoms. The molecule has 1 aliphatic heterocycles. The van der Waals surface area contributed by atoms with E-state index in [2.05, 4.69) is 4.90 Å². The predicted molar refractivity (Wildman–Crippen MR) is 79.0 cm³/mol. The molecule has 2 rings (SSSR count). The first-order valence-electron chi connectivity index (χ1n) is 6.59. The van der Waals surface area contributed by atoms with E-state index in [0.29, 0.717) is 13.1 Å². The van der Waals surface area contributed by atoms with Gasteiger partial charge in [-0.25, -0.2) is 0 Å². The number of rotatable bonds is 2. The number of benzene rings is 1. The van der Waals surface area contributed by atoms with Gasteiger partial charge < -0.3 is 15.4 Å². The van der Waals surface area contributed by atoms with Gasteiger partial charge in [-0.2, -0.15) is 0 Å². The number of nitro benzene ring substituents is 1. The van der Waals surface area contributed by atoms with Crippen molar-refractivity contribution in [3.8, 4) is 0 Å². The molecular weight excluding hydrogens is 258 g/mol. The van der Waals surface area contributed by atoms with E-state index in [9.17, 15) is 10.1 Å². The summed E-state index contributed by atoms with van der Waals surface area (Å²) in [5, 5.41) is 10.8. The molecule has 1 aliphatic rings. The Kier molecular flexibility index (Phi) is 3.37. The van der Waals surface area contributed by atoms with E-state index in [1.807, 2.05) is 27.7 Å². The van der Waals surface area contributed by atoms with Gasteiger partial charge in [0.15, 0.2) is 0 Å². The van der Waals surface area contributed by atoms with Gasteiger partial charge in [0.2, 0.25) is 0 Å². The first-order valence-corrected chi connectivity index (χ1v) is 6.59. The van der Waals surface area contributed by atoms with Crippen molar-refractivity contribution < 1.29 is 9.66 Å². The second-order valence-electron chi connectivity index (χ2n) is 6.48. The fraction of sp³-hybridized carbons (Fsp3) is 0.571. The highest BCUT2D eigenvalue weighted by Crippen LogP contribution is 2.34. The molecule has 0 atom stereocenters. The van der Waals surface area contributed by atoms with Gasteiger partial charge in [0.05, 0.1) is 16.1 Å². The Hall–Kier alpha value is -1.82. The second-order valence-corrected chi connectivity index (χ2v) is 6.48. The molecule has 0 aliphatic carbocycles. The maximum absolute atomic E-state index is 10.8. The monoisotopic (exact) mass is 279 g/mol. The number of anilines is 2. The van der Waals surface area contributed by atoms with E-state index < -0.39 is 4.92 Å². The summed E-state index contributed by atoms with van der Waals surface area (Å²) in [6.45, 7) is 9.58. The molecule has 0 radical (unpaired) electrons. The van der Waals surface area contributed by atoms with Gasteiger partial charge in [-0.15, -0.1) is 0 Å². The molecule has 0 bridgehead atoms. The number of ether oxygens (including phenoxy) is 1. The molecule has 0 aromatic heterocycles. The summed E-state index contributed by atoms with van der Waals surface area (Å²) in [5.41, 5.74) is 6.23. The van der Waals surface area contributed by atoms with Crippen molar-refractivity contribution in [3.05, 3.63) is 28.3 Å². The minimum atomic E-state index is -0.466. The summed E-state index contributed by atoms with van der Waals surface area (Å²) in [6, 6.07) is 4.86. The predicted octanol–water partition coefficient (Wildman–Crippen LogP) is 2.57. The lowest BCUT2D eigenvalue weighted by Crippen LogP contribution is -2.57. The van der Waals surface area contributed by atoms with Crippen molar-refractivity contribution in [2.24, 2.45) is 0 Å². The molecule has 0 saturated carbocycles. The van der Waals surface area contributed by atoms with E-state index in [1.54, 1.807) is 12.1 Å². The van der Waals surface area contributed by atoms with Crippen LogP contribution in [0.4, 0.5) is 17.1 Å². The number of morpholine rings is 1. The van der Waals surface area contributed by atoms with Crippen molar-refractivity contribution >= 4 is 17.1 Å². The summed E-state index contributed by atoms with van der Waals surface area (Å²) < 4.78 is 6.02. The largest absolute Gasteiger partial charge is 0.393 e. The summed E-state index contributed by atoms with van der Waals surface area (Å²) >= 11 is 0. The van der Waals surface area contributed by atoms with Gasteiger partial charge in [0.1, 0.15) is 5.69 Å². The van der Waals surface area contributed by atoms with Crippen molar-refractivity contribution in [3.63, 3.8) is 0 Å². The normalized spacial score (nSPS) is 20.7. The van der Waals surface area contributed by atoms with Crippen LogP contribution in [0, 0.1) is 10.1 Å². The van der Waals surface area contributed by atoms with Crippen molar-refractivity contribution in [1.82, 2.24) is 0 Å². The van der Waals surface area contributed by atoms with Gasteiger partial charge in [-0.3, -0.25) is 10.1 Å². The Labute approximate surface area is 118 Å². The lowest BCUT2D eigenvalue weighted by molar-refractivity contribution is -0.383. The fourth-order valence-electron chi connectivity index (χ4n) is 2.88. The maximum Gasteiger partial charge on any atom is 0.292 e. The van der Waals surface area contributed by atoms with Gasteiger partial charge >= 0.3 is 0 Å². The third-order valence-electron chi connectivity index (χ3n) is 3.27. The minimum Gasteiger partial charge on any atom is -0.393 e. The Morgan fingerprint density at radius 1 is 1.25 bits per heavy atom. The zero-order valence-electron chi connectivity index (χ0n) is 12.3. The molecule has 2 N–H and O–H groups in total. The lowest BCUT2D eigenvalue weighted by Gasteiger charge is -2.48. The van der Waals surface area contributed by atoms with Gasteiger partial charge in [0, 0.05) is 24.8 Å². The summed E-state index contributed by atoms with van der Waals surface area (Å²) in [6.07, 6.45) is 0. The molecule has 0 unspecified atom stereocenters. The van der Waals surface area contributed by atoms with Crippen molar-refractivity contribution in [2.45, 2.75) is 38.9 Å². The van der Waals surface area contributed by atoms with Gasteiger partial charge in [-0.05, 0) is 39.8 Å². The Morgan fingerprint density at radius 2 is 1.80 bits per heavy atom. The smallest absolute Gasteiger partial charge is 0.292 e. The molecule has 1 aromatic carbocycles. The Morgan fingerprint density at radius 3 is 2.25 bits per heavy atom. The van der Waals surface area contributed by atoms with Crippen LogP contribution >= 0.6 is 0 Å². The molecule has 110 valence electrons. The highest BCUT2D eigenvalue weighted by atomic mass is 16.6. The number of nitrogens with two attached hydrogens (primary N) is 1. The number of nitrogen functional groups attached to an aromatic ring is 1. The van der Waals surface area contributed by atoms with Crippen molar-refractivity contribution in [2.75, 3.05) is 23.7 Å². The number of nitrogens with zero attached hydrogens (tertiary/aromatic N) is 2. The molecule has 1 aromatic rings. The van der Waals surface area contributed by atoms with Crippen LogP contribution in [-0.2, 0) is 4.74 Å². The first-order chi connectivity index (χ1) is 9.10. The van der Waals surface area contributed by atoms with Crippen LogP contribution in [0.1, 0.15) is 27.7 Å². The molecule has 6 nitrogen and oxygen atoms in total. The molecular formula is C14H21N3O3. The third-order valence-corrected chi connectivity index (χ3v) is 3.27. The van der Waals surface area contributed by atoms with E-state index >= 15 is 0 Å². The molecule has 0 spiro atoms. The van der Waals surface area contributed by atoms with Crippen LogP contribution in [0.2, 0.25) is 0 Å². The summed E-state index contributed by atoms with van der Waals surface area (Å²) in [5.74, 6) is 0. The standard InChI is InChI=1S/C14H21N3O3/c1-13(2)8-16(9-14(3,4)20-13)10-5-6-12(17(18)19)11(15)7-10/h5-7H,8-9,15H2,1-4H3. The van der Waals surface area contributed by atoms with Crippen molar-refractivity contribution in [1.29, 1.82) is 0 Å². The van der Waals surface area contributed by atoms with Crippen LogP contribution in [0.15, 0.2) is 18.2 Å². The van der Waals surface area contributed by atoms with Crippen LogP contribution in [-0.4, -0.2) is 29.2 Å². The van der Waals surface area contributed by atoms with Crippen LogP contribution in [0.3, 0.4) is 0 Å². The molecule has 1 fully saturated rings. The Bertz CT molecular complexity index is 524. The summed E-state index contributed by atoms with van der Waals surface area (Å²) in [4.78, 5) is 12.5. The van der Waals surface area contributed by atoms with Crippen LogP contribution in [0.25, 0.3) is 0 Å². The highest BCUT2D eigenvalue weighted by Gasteiger charge is 2.38. The maximum atomic E-state index is 10.8. The number of hydrogen-bond donors (Lipinski definition) is 1. The van der Waals surface area contributed by atoms with E-state index in [0.717, 1.165) is 5.69 Å². The number of nitro groups is 1. The van der Waals surface area contributed by atoms with Crippen LogP contribution in [0.5, 0.6) is 0 Å². The van der Waals surface area contributed by atoms with Gasteiger partial charge in [0.25, 0.3) is 5.69 Å². The van der Waals surface area contributed by atoms with Crippen LogP contribution < -0.4 is 10.6 Å². The zero-order valence-corrected chi connectivity index (χ0v) is 12.3. The second kappa shape index (κ2) is 4.63. The number of hydrogen-bond acceptors (Lipinski definition) is 5. The zero-order chi connectivity index (χ0) is 15.1. The topological polar surface area (TPSA) is 81.6 Å². The average molecular weight is 279 g/mol. The van der Waals surface area contributed by atoms with E-state index in [-0.39, 0.29) is 22.6 Å². The summed E-state index contributed by atoms with van der Waals surface area (Å²) in [7, 11) is 0. The molecule has 6 heteroatoms. The highest BCUT2D eigenvalue weighted by molar-refractivity contribution is 5.67. The average Bonchev–Trinajstić information content (AvgIpc) is 2.23. The minimum absolute atomic E-state index is 0.0551. The molecule has 1 heterocycles. The Balaban J connectivity index is 2.32. The molecule has 0 amide bonds. The van der Waals surface area contributed by atoms with Gasteiger partial charge in [-0.1, -0.05) is 0 Å². The quantitative estimate of drug-likeness (QED) is 0.511. The lowest BCUT2D eigenvalue weighted by atomic mass is 9.98.